The van der Waals surface area contributed by atoms with Gasteiger partial charge >= 0.3 is 0 Å². The van der Waals surface area contributed by atoms with Crippen LogP contribution in [0.2, 0.25) is 0 Å². The van der Waals surface area contributed by atoms with E-state index in [9.17, 15) is 0 Å². The smallest absolute Gasteiger partial charge is 0.193 e. The van der Waals surface area contributed by atoms with Gasteiger partial charge in [-0.3, -0.25) is 9.89 Å². The minimum Gasteiger partial charge on any atom is -0.379 e. The van der Waals surface area contributed by atoms with Crippen LogP contribution >= 0.6 is 0 Å². The third-order valence-corrected chi connectivity index (χ3v) is 4.36. The topological polar surface area (TPSA) is 40.1 Å². The lowest BCUT2D eigenvalue weighted by Crippen LogP contribution is -2.46. The summed E-state index contributed by atoms with van der Waals surface area (Å²) in [6, 6.07) is 0.504. The maximum absolute atomic E-state index is 5.51. The molecule has 0 aromatic rings. The number of ether oxygens (including phenoxy) is 1. The number of hydrogen-bond donors (Lipinski definition) is 1. The maximum Gasteiger partial charge on any atom is 0.193 e. The molecule has 1 heterocycles. The predicted molar refractivity (Wildman–Crippen MR) is 104 cm³/mol. The van der Waals surface area contributed by atoms with Gasteiger partial charge in [-0.1, -0.05) is 19.9 Å². The number of unbranched alkanes of at least 4 members (excludes halogenated alkanes) is 1. The van der Waals surface area contributed by atoms with Gasteiger partial charge in [0.05, 0.1) is 19.8 Å². The molecule has 0 spiro atoms. The number of guanidine groups is 1. The lowest BCUT2D eigenvalue weighted by atomic mass is 10.0. The van der Waals surface area contributed by atoms with Crippen LogP contribution in [0.25, 0.3) is 0 Å². The third-order valence-electron chi connectivity index (χ3n) is 4.36. The zero-order valence-electron chi connectivity index (χ0n) is 16.3. The van der Waals surface area contributed by atoms with Crippen LogP contribution in [0.3, 0.4) is 0 Å². The van der Waals surface area contributed by atoms with Crippen LogP contribution in [-0.4, -0.2) is 74.8 Å². The van der Waals surface area contributed by atoms with Crippen LogP contribution in [0, 0.1) is 5.92 Å². The molecule has 0 aromatic heterocycles. The first-order valence-electron chi connectivity index (χ1n) is 9.50. The van der Waals surface area contributed by atoms with E-state index in [1.54, 1.807) is 0 Å². The Morgan fingerprint density at radius 3 is 2.67 bits per heavy atom. The van der Waals surface area contributed by atoms with Gasteiger partial charge in [0, 0.05) is 39.3 Å². The lowest BCUT2D eigenvalue weighted by Gasteiger charge is -2.35. The molecule has 1 N–H and O–H groups in total. The number of hydrogen-bond acceptors (Lipinski definition) is 3. The highest BCUT2D eigenvalue weighted by atomic mass is 16.5. The molecule has 5 heteroatoms. The minimum absolute atomic E-state index is 0.504. The van der Waals surface area contributed by atoms with Gasteiger partial charge in [0.15, 0.2) is 5.96 Å². The first-order chi connectivity index (χ1) is 11.6. The van der Waals surface area contributed by atoms with Crippen LogP contribution in [0.4, 0.5) is 0 Å². The Labute approximate surface area is 149 Å². The predicted octanol–water partition coefficient (Wildman–Crippen LogP) is 2.60. The molecule has 5 nitrogen and oxygen atoms in total. The fourth-order valence-corrected chi connectivity index (χ4v) is 3.07. The Bertz CT molecular complexity index is 364. The molecule has 1 fully saturated rings. The molecule has 1 aliphatic heterocycles. The summed E-state index contributed by atoms with van der Waals surface area (Å²) in [6.07, 6.45) is 5.33. The number of rotatable bonds is 10. The van der Waals surface area contributed by atoms with E-state index in [1.807, 2.05) is 6.08 Å². The summed E-state index contributed by atoms with van der Waals surface area (Å²) in [5.41, 5.74) is 0. The van der Waals surface area contributed by atoms with Crippen molar-refractivity contribution in [3.8, 4) is 0 Å². The highest BCUT2D eigenvalue weighted by Crippen LogP contribution is 2.14. The van der Waals surface area contributed by atoms with Crippen LogP contribution < -0.4 is 5.32 Å². The molecule has 0 aliphatic carbocycles. The highest BCUT2D eigenvalue weighted by Gasteiger charge is 2.22. The normalized spacial score (nSPS) is 17.8. The summed E-state index contributed by atoms with van der Waals surface area (Å²) in [7, 11) is 2.12. The number of nitrogens with zero attached hydrogens (tertiary/aromatic N) is 3. The molecule has 0 radical (unpaired) electrons. The number of allylic oxidation sites excluding steroid dienone is 1. The van der Waals surface area contributed by atoms with Gasteiger partial charge in [-0.2, -0.15) is 0 Å². The van der Waals surface area contributed by atoms with Crippen molar-refractivity contribution in [1.29, 1.82) is 0 Å². The molecule has 0 amide bonds. The van der Waals surface area contributed by atoms with Crippen molar-refractivity contribution in [2.24, 2.45) is 10.9 Å². The fourth-order valence-electron chi connectivity index (χ4n) is 3.07. The molecular formula is C19H38N4O. The molecule has 1 unspecified atom stereocenters. The van der Waals surface area contributed by atoms with Gasteiger partial charge in [-0.25, -0.2) is 0 Å². The van der Waals surface area contributed by atoms with E-state index >= 15 is 0 Å². The van der Waals surface area contributed by atoms with Crippen molar-refractivity contribution in [3.05, 3.63) is 12.7 Å². The van der Waals surface area contributed by atoms with Gasteiger partial charge in [0.1, 0.15) is 0 Å². The average Bonchev–Trinajstić information content (AvgIpc) is 2.58. The van der Waals surface area contributed by atoms with Crippen molar-refractivity contribution < 1.29 is 4.74 Å². The monoisotopic (exact) mass is 338 g/mol. The Kier molecular flexibility index (Phi) is 10.8. The van der Waals surface area contributed by atoms with E-state index in [1.165, 1.54) is 6.42 Å². The van der Waals surface area contributed by atoms with Gasteiger partial charge < -0.3 is 15.0 Å². The zero-order chi connectivity index (χ0) is 17.8. The van der Waals surface area contributed by atoms with Gasteiger partial charge in [-0.05, 0) is 32.1 Å². The fraction of sp³-hybridized carbons (Fsp3) is 0.842. The van der Waals surface area contributed by atoms with Crippen LogP contribution in [0.1, 0.15) is 40.0 Å². The largest absolute Gasteiger partial charge is 0.379 e. The summed E-state index contributed by atoms with van der Waals surface area (Å²) in [6.45, 7) is 17.0. The molecule has 1 atom stereocenters. The van der Waals surface area contributed by atoms with Gasteiger partial charge in [-0.15, -0.1) is 6.58 Å². The van der Waals surface area contributed by atoms with Crippen molar-refractivity contribution in [1.82, 2.24) is 15.1 Å². The molecule has 0 bridgehead atoms. The minimum atomic E-state index is 0.504. The second-order valence-corrected chi connectivity index (χ2v) is 6.98. The molecule has 24 heavy (non-hydrogen) atoms. The summed E-state index contributed by atoms with van der Waals surface area (Å²) >= 11 is 0. The van der Waals surface area contributed by atoms with Crippen molar-refractivity contribution in [3.63, 3.8) is 0 Å². The third kappa shape index (κ3) is 8.15. The second kappa shape index (κ2) is 12.3. The molecule has 1 rings (SSSR count). The van der Waals surface area contributed by atoms with E-state index in [2.05, 4.69) is 49.5 Å². The van der Waals surface area contributed by atoms with E-state index in [-0.39, 0.29) is 0 Å². The second-order valence-electron chi connectivity index (χ2n) is 6.98. The summed E-state index contributed by atoms with van der Waals surface area (Å²) < 4.78 is 5.51. The van der Waals surface area contributed by atoms with Gasteiger partial charge in [0.2, 0.25) is 0 Å². The van der Waals surface area contributed by atoms with Crippen molar-refractivity contribution >= 4 is 5.96 Å². The Morgan fingerprint density at radius 1 is 1.38 bits per heavy atom. The Hall–Kier alpha value is -1.07. The first-order valence-corrected chi connectivity index (χ1v) is 9.50. The number of nitrogens with one attached hydrogen (secondary N) is 1. The summed E-state index contributed by atoms with van der Waals surface area (Å²) in [4.78, 5) is 9.73. The number of morpholine rings is 1. The van der Waals surface area contributed by atoms with Crippen molar-refractivity contribution in [2.75, 3.05) is 53.0 Å². The SMILES string of the molecule is C=CCCCN(C)C(=NCC(CC(C)C)N1CCOCC1)NCC. The summed E-state index contributed by atoms with van der Waals surface area (Å²) in [5.74, 6) is 1.70. The standard InChI is InChI=1S/C19H38N4O/c1-6-8-9-10-22(5)19(20-7-2)21-16-18(15-17(3)4)23-11-13-24-14-12-23/h6,17-18H,1,7-16H2,2-5H3,(H,20,21). The molecule has 1 saturated heterocycles. The quantitative estimate of drug-likeness (QED) is 0.288. The molecule has 1 aliphatic rings. The average molecular weight is 339 g/mol. The van der Waals surface area contributed by atoms with E-state index in [0.29, 0.717) is 12.0 Å². The first kappa shape index (κ1) is 21.0. The Morgan fingerprint density at radius 2 is 2.08 bits per heavy atom. The van der Waals surface area contributed by atoms with E-state index in [0.717, 1.165) is 64.7 Å². The van der Waals surface area contributed by atoms with Gasteiger partial charge in [0.25, 0.3) is 0 Å². The van der Waals surface area contributed by atoms with E-state index < -0.39 is 0 Å². The van der Waals surface area contributed by atoms with Crippen LogP contribution in [-0.2, 0) is 4.74 Å². The van der Waals surface area contributed by atoms with Crippen LogP contribution in [0.5, 0.6) is 0 Å². The van der Waals surface area contributed by atoms with Crippen molar-refractivity contribution in [2.45, 2.75) is 46.1 Å². The molecule has 0 aromatic carbocycles. The zero-order valence-corrected chi connectivity index (χ0v) is 16.3. The molecule has 0 saturated carbocycles. The summed E-state index contributed by atoms with van der Waals surface area (Å²) in [5, 5.41) is 3.43. The maximum atomic E-state index is 5.51. The molecule has 140 valence electrons. The molecular weight excluding hydrogens is 300 g/mol. The highest BCUT2D eigenvalue weighted by molar-refractivity contribution is 5.79. The lowest BCUT2D eigenvalue weighted by molar-refractivity contribution is 0.0142. The van der Waals surface area contributed by atoms with E-state index in [4.69, 9.17) is 9.73 Å². The Balaban J connectivity index is 2.67. The number of aliphatic imine (C=N–C) groups is 1. The van der Waals surface area contributed by atoms with Crippen LogP contribution in [0.15, 0.2) is 17.6 Å².